The quantitative estimate of drug-likeness (QED) is 0.820. The van der Waals surface area contributed by atoms with Gasteiger partial charge in [-0.05, 0) is 67.8 Å². The third-order valence-corrected chi connectivity index (χ3v) is 5.68. The normalized spacial score (nSPS) is 17.4. The van der Waals surface area contributed by atoms with E-state index in [0.29, 0.717) is 11.6 Å². The fraction of sp³-hybridized carbons (Fsp3) is 0.350. The van der Waals surface area contributed by atoms with Gasteiger partial charge in [0.1, 0.15) is 0 Å². The van der Waals surface area contributed by atoms with Crippen molar-refractivity contribution in [2.24, 2.45) is 0 Å². The van der Waals surface area contributed by atoms with Crippen LogP contribution in [-0.2, 0) is 12.8 Å². The van der Waals surface area contributed by atoms with Gasteiger partial charge in [-0.15, -0.1) is 0 Å². The zero-order valence-corrected chi connectivity index (χ0v) is 16.0. The van der Waals surface area contributed by atoms with Gasteiger partial charge in [0.25, 0.3) is 5.91 Å². The maximum atomic E-state index is 12.5. The van der Waals surface area contributed by atoms with Gasteiger partial charge in [0, 0.05) is 28.3 Å². The molecule has 0 fully saturated rings. The Labute approximate surface area is 152 Å². The molecule has 1 amide bonds. The summed E-state index contributed by atoms with van der Waals surface area (Å²) >= 11 is 3.54. The monoisotopic (exact) mass is 386 g/mol. The molecule has 0 radical (unpaired) electrons. The number of nitrogens with zero attached hydrogens (tertiary/aromatic N) is 1. The Kier molecular flexibility index (Phi) is 5.07. The Balaban J connectivity index is 1.81. The number of aryl methyl sites for hydroxylation is 1. The summed E-state index contributed by atoms with van der Waals surface area (Å²) in [6.45, 7) is 5.40. The number of rotatable bonds is 3. The lowest BCUT2D eigenvalue weighted by Crippen LogP contribution is -2.30. The van der Waals surface area contributed by atoms with E-state index in [1.165, 1.54) is 16.7 Å². The fourth-order valence-electron chi connectivity index (χ4n) is 3.20. The molecule has 0 saturated heterocycles. The van der Waals surface area contributed by atoms with Gasteiger partial charge in [-0.3, -0.25) is 9.69 Å². The van der Waals surface area contributed by atoms with Gasteiger partial charge in [0.15, 0.2) is 0 Å². The van der Waals surface area contributed by atoms with Crippen molar-refractivity contribution in [3.63, 3.8) is 0 Å². The lowest BCUT2D eigenvalue weighted by molar-refractivity contribution is 0.102. The highest BCUT2D eigenvalue weighted by Crippen LogP contribution is 2.30. The van der Waals surface area contributed by atoms with Crippen LogP contribution in [0.5, 0.6) is 0 Å². The van der Waals surface area contributed by atoms with Gasteiger partial charge in [-0.25, -0.2) is 0 Å². The molecule has 0 aliphatic carbocycles. The fourth-order valence-corrected chi connectivity index (χ4v) is 3.85. The Morgan fingerprint density at radius 3 is 2.79 bits per heavy atom. The summed E-state index contributed by atoms with van der Waals surface area (Å²) in [6, 6.07) is 12.4. The molecule has 2 aromatic rings. The molecule has 1 aliphatic heterocycles. The molecule has 3 rings (SSSR count). The van der Waals surface area contributed by atoms with Crippen LogP contribution in [0.15, 0.2) is 40.9 Å². The second-order valence-electron chi connectivity index (χ2n) is 6.43. The first kappa shape index (κ1) is 17.2. The number of carbonyl (C=O) groups is 1. The highest BCUT2D eigenvalue weighted by Gasteiger charge is 2.21. The number of halogens is 1. The standard InChI is InChI=1S/C20H23BrN2O/c1-4-14-5-6-16(11-19(14)21)20(24)22-17-8-7-15-9-10-23(3)13(2)18(15)12-17/h5-8,11-13H,4,9-10H2,1-3H3,(H,22,24). The van der Waals surface area contributed by atoms with Crippen LogP contribution < -0.4 is 5.32 Å². The van der Waals surface area contributed by atoms with E-state index >= 15 is 0 Å². The van der Waals surface area contributed by atoms with E-state index in [0.717, 1.165) is 29.5 Å². The van der Waals surface area contributed by atoms with Crippen LogP contribution in [0.3, 0.4) is 0 Å². The van der Waals surface area contributed by atoms with Crippen molar-refractivity contribution in [1.82, 2.24) is 4.90 Å². The van der Waals surface area contributed by atoms with E-state index in [-0.39, 0.29) is 5.91 Å². The molecule has 1 N–H and O–H groups in total. The molecule has 0 bridgehead atoms. The summed E-state index contributed by atoms with van der Waals surface area (Å²) < 4.78 is 0.985. The van der Waals surface area contributed by atoms with Crippen molar-refractivity contribution in [2.45, 2.75) is 32.7 Å². The Morgan fingerprint density at radius 1 is 1.29 bits per heavy atom. The topological polar surface area (TPSA) is 32.3 Å². The highest BCUT2D eigenvalue weighted by molar-refractivity contribution is 9.10. The van der Waals surface area contributed by atoms with Crippen molar-refractivity contribution >= 4 is 27.5 Å². The van der Waals surface area contributed by atoms with Crippen LogP contribution >= 0.6 is 15.9 Å². The maximum Gasteiger partial charge on any atom is 0.255 e. The van der Waals surface area contributed by atoms with Crippen molar-refractivity contribution in [1.29, 1.82) is 0 Å². The highest BCUT2D eigenvalue weighted by atomic mass is 79.9. The lowest BCUT2D eigenvalue weighted by Gasteiger charge is -2.32. The maximum absolute atomic E-state index is 12.5. The van der Waals surface area contributed by atoms with E-state index in [1.54, 1.807) is 0 Å². The molecule has 2 aromatic carbocycles. The lowest BCUT2D eigenvalue weighted by atomic mass is 9.93. The van der Waals surface area contributed by atoms with E-state index in [2.05, 4.69) is 59.2 Å². The first-order chi connectivity index (χ1) is 11.5. The van der Waals surface area contributed by atoms with Gasteiger partial charge < -0.3 is 5.32 Å². The van der Waals surface area contributed by atoms with Crippen LogP contribution in [0.25, 0.3) is 0 Å². The minimum atomic E-state index is -0.0740. The summed E-state index contributed by atoms with van der Waals surface area (Å²) in [4.78, 5) is 14.9. The van der Waals surface area contributed by atoms with Crippen molar-refractivity contribution in [3.05, 3.63) is 63.1 Å². The molecule has 1 unspecified atom stereocenters. The smallest absolute Gasteiger partial charge is 0.255 e. The number of anilines is 1. The predicted octanol–water partition coefficient (Wildman–Crippen LogP) is 4.81. The Morgan fingerprint density at radius 2 is 2.08 bits per heavy atom. The number of hydrogen-bond acceptors (Lipinski definition) is 2. The van der Waals surface area contributed by atoms with E-state index in [4.69, 9.17) is 0 Å². The van der Waals surface area contributed by atoms with Gasteiger partial charge in [-0.1, -0.05) is 35.0 Å². The summed E-state index contributed by atoms with van der Waals surface area (Å²) in [7, 11) is 2.14. The third kappa shape index (κ3) is 3.40. The van der Waals surface area contributed by atoms with Gasteiger partial charge >= 0.3 is 0 Å². The molecular weight excluding hydrogens is 364 g/mol. The van der Waals surface area contributed by atoms with E-state index in [9.17, 15) is 4.79 Å². The number of likely N-dealkylation sites (N-methyl/N-ethyl adjacent to an activating group) is 1. The van der Waals surface area contributed by atoms with Crippen LogP contribution in [0, 0.1) is 0 Å². The van der Waals surface area contributed by atoms with E-state index in [1.807, 2.05) is 24.3 Å². The molecule has 1 atom stereocenters. The molecule has 4 heteroatoms. The summed E-state index contributed by atoms with van der Waals surface area (Å²) in [5.41, 5.74) is 5.42. The van der Waals surface area contributed by atoms with Gasteiger partial charge in [-0.2, -0.15) is 0 Å². The number of hydrogen-bond donors (Lipinski definition) is 1. The molecule has 3 nitrogen and oxygen atoms in total. The molecule has 0 saturated carbocycles. The average Bonchev–Trinajstić information content (AvgIpc) is 2.58. The summed E-state index contributed by atoms with van der Waals surface area (Å²) in [5.74, 6) is -0.0740. The van der Waals surface area contributed by atoms with Crippen LogP contribution in [0.1, 0.15) is 46.9 Å². The average molecular weight is 387 g/mol. The number of nitrogens with one attached hydrogen (secondary N) is 1. The summed E-state index contributed by atoms with van der Waals surface area (Å²) in [6.07, 6.45) is 2.01. The number of amides is 1. The molecular formula is C20H23BrN2O. The Hall–Kier alpha value is -1.65. The minimum absolute atomic E-state index is 0.0740. The van der Waals surface area contributed by atoms with Crippen molar-refractivity contribution in [3.8, 4) is 0 Å². The zero-order valence-electron chi connectivity index (χ0n) is 14.4. The minimum Gasteiger partial charge on any atom is -0.322 e. The van der Waals surface area contributed by atoms with Crippen LogP contribution in [-0.4, -0.2) is 24.4 Å². The number of carbonyl (C=O) groups excluding carboxylic acids is 1. The first-order valence-electron chi connectivity index (χ1n) is 8.42. The van der Waals surface area contributed by atoms with Gasteiger partial charge in [0.2, 0.25) is 0 Å². The number of fused-ring (bicyclic) bond motifs is 1. The van der Waals surface area contributed by atoms with E-state index < -0.39 is 0 Å². The van der Waals surface area contributed by atoms with Crippen molar-refractivity contribution < 1.29 is 4.79 Å². The third-order valence-electron chi connectivity index (χ3n) is 4.94. The molecule has 1 heterocycles. The molecule has 24 heavy (non-hydrogen) atoms. The van der Waals surface area contributed by atoms with Crippen molar-refractivity contribution in [2.75, 3.05) is 18.9 Å². The van der Waals surface area contributed by atoms with Crippen LogP contribution in [0.2, 0.25) is 0 Å². The molecule has 1 aliphatic rings. The summed E-state index contributed by atoms with van der Waals surface area (Å²) in [5, 5.41) is 3.03. The molecule has 0 aromatic heterocycles. The number of benzene rings is 2. The SMILES string of the molecule is CCc1ccc(C(=O)Nc2ccc3c(c2)C(C)N(C)CC3)cc1Br. The second kappa shape index (κ2) is 7.08. The Bertz CT molecular complexity index is 772. The zero-order chi connectivity index (χ0) is 17.3. The first-order valence-corrected chi connectivity index (χ1v) is 9.21. The molecule has 126 valence electrons. The second-order valence-corrected chi connectivity index (χ2v) is 7.29. The largest absolute Gasteiger partial charge is 0.322 e. The van der Waals surface area contributed by atoms with Gasteiger partial charge in [0.05, 0.1) is 0 Å². The van der Waals surface area contributed by atoms with Crippen LogP contribution in [0.4, 0.5) is 5.69 Å². The molecule has 0 spiro atoms. The predicted molar refractivity (Wildman–Crippen MR) is 103 cm³/mol.